The van der Waals surface area contributed by atoms with Crippen molar-refractivity contribution < 1.29 is 4.79 Å². The summed E-state index contributed by atoms with van der Waals surface area (Å²) in [7, 11) is 0. The van der Waals surface area contributed by atoms with E-state index in [1.807, 2.05) is 6.92 Å². The zero-order valence-corrected chi connectivity index (χ0v) is 13.8. The van der Waals surface area contributed by atoms with Crippen molar-refractivity contribution >= 4 is 57.9 Å². The maximum atomic E-state index is 12.1. The molecule has 0 aliphatic heterocycles. The predicted molar refractivity (Wildman–Crippen MR) is 85.1 cm³/mol. The van der Waals surface area contributed by atoms with E-state index in [1.54, 1.807) is 25.1 Å². The number of amides is 1. The predicted octanol–water partition coefficient (Wildman–Crippen LogP) is 4.27. The van der Waals surface area contributed by atoms with E-state index in [9.17, 15) is 4.79 Å². The first-order chi connectivity index (χ1) is 9.45. The Kier molecular flexibility index (Phi) is 5.26. The molecule has 0 fully saturated rings. The number of aryl methyl sites for hydroxylation is 1. The van der Waals surface area contributed by atoms with Crippen LogP contribution in [0.15, 0.2) is 22.5 Å². The van der Waals surface area contributed by atoms with Crippen molar-refractivity contribution in [1.82, 2.24) is 10.2 Å². The van der Waals surface area contributed by atoms with Crippen LogP contribution >= 0.6 is 46.3 Å². The minimum Gasteiger partial charge on any atom is -0.324 e. The molecule has 0 radical (unpaired) electrons. The quantitative estimate of drug-likeness (QED) is 0.839. The van der Waals surface area contributed by atoms with Crippen LogP contribution in [-0.2, 0) is 4.79 Å². The standard InChI is InChI=1S/C12H11Cl2N3OS2/c1-6(19-12-17-16-7(2)20-12)11(18)15-10-5-8(13)3-4-9(10)14/h3-6H,1-2H3,(H,15,18)/t6-/m0/s1. The van der Waals surface area contributed by atoms with Gasteiger partial charge >= 0.3 is 0 Å². The normalized spacial score (nSPS) is 12.2. The number of nitrogens with one attached hydrogen (secondary N) is 1. The minimum absolute atomic E-state index is 0.160. The summed E-state index contributed by atoms with van der Waals surface area (Å²) in [5.41, 5.74) is 0.505. The SMILES string of the molecule is Cc1nnc(S[C@@H](C)C(=O)Nc2cc(Cl)ccc2Cl)s1. The molecule has 1 aromatic heterocycles. The lowest BCUT2D eigenvalue weighted by molar-refractivity contribution is -0.115. The van der Waals surface area contributed by atoms with Gasteiger partial charge in [0.2, 0.25) is 5.91 Å². The summed E-state index contributed by atoms with van der Waals surface area (Å²) in [6, 6.07) is 4.93. The molecule has 0 unspecified atom stereocenters. The monoisotopic (exact) mass is 347 g/mol. The van der Waals surface area contributed by atoms with Crippen molar-refractivity contribution in [3.8, 4) is 0 Å². The second-order valence-corrected chi connectivity index (χ2v) is 7.57. The minimum atomic E-state index is -0.308. The maximum Gasteiger partial charge on any atom is 0.237 e. The number of nitrogens with zero attached hydrogens (tertiary/aromatic N) is 2. The van der Waals surface area contributed by atoms with E-state index >= 15 is 0 Å². The molecule has 0 saturated heterocycles. The average Bonchev–Trinajstić information content (AvgIpc) is 2.79. The zero-order chi connectivity index (χ0) is 14.7. The summed E-state index contributed by atoms with van der Waals surface area (Å²) in [5, 5.41) is 12.2. The van der Waals surface area contributed by atoms with Crippen LogP contribution in [0.3, 0.4) is 0 Å². The summed E-state index contributed by atoms with van der Waals surface area (Å²) < 4.78 is 0.766. The number of anilines is 1. The molecular weight excluding hydrogens is 337 g/mol. The Labute approximate surface area is 134 Å². The van der Waals surface area contributed by atoms with Gasteiger partial charge in [-0.05, 0) is 32.0 Å². The Morgan fingerprint density at radius 2 is 2.15 bits per heavy atom. The molecule has 2 aromatic rings. The third-order valence-corrected chi connectivity index (χ3v) is 4.93. The first kappa shape index (κ1) is 15.6. The molecule has 20 heavy (non-hydrogen) atoms. The van der Waals surface area contributed by atoms with Crippen molar-refractivity contribution in [2.75, 3.05) is 5.32 Å². The van der Waals surface area contributed by atoms with Crippen LogP contribution < -0.4 is 5.32 Å². The summed E-state index contributed by atoms with van der Waals surface area (Å²) in [4.78, 5) is 12.1. The molecule has 1 heterocycles. The maximum absolute atomic E-state index is 12.1. The molecule has 1 atom stereocenters. The molecular formula is C12H11Cl2N3OS2. The van der Waals surface area contributed by atoms with Crippen molar-refractivity contribution in [1.29, 1.82) is 0 Å². The molecule has 0 aliphatic carbocycles. The van der Waals surface area contributed by atoms with Crippen LogP contribution in [0.2, 0.25) is 10.0 Å². The highest BCUT2D eigenvalue weighted by Crippen LogP contribution is 2.29. The van der Waals surface area contributed by atoms with Crippen LogP contribution in [-0.4, -0.2) is 21.4 Å². The fourth-order valence-corrected chi connectivity index (χ4v) is 3.65. The second-order valence-electron chi connectivity index (χ2n) is 3.96. The topological polar surface area (TPSA) is 54.9 Å². The Balaban J connectivity index is 2.02. The highest BCUT2D eigenvalue weighted by atomic mass is 35.5. The highest BCUT2D eigenvalue weighted by molar-refractivity contribution is 8.02. The number of benzene rings is 1. The van der Waals surface area contributed by atoms with Crippen molar-refractivity contribution in [2.45, 2.75) is 23.4 Å². The van der Waals surface area contributed by atoms with Gasteiger partial charge in [0.25, 0.3) is 0 Å². The number of carbonyl (C=O) groups excluding carboxylic acids is 1. The van der Waals surface area contributed by atoms with Crippen molar-refractivity contribution in [2.24, 2.45) is 0 Å². The molecule has 106 valence electrons. The first-order valence-electron chi connectivity index (χ1n) is 5.68. The van der Waals surface area contributed by atoms with Crippen molar-refractivity contribution in [3.05, 3.63) is 33.3 Å². The van der Waals surface area contributed by atoms with E-state index in [4.69, 9.17) is 23.2 Å². The van der Waals surface area contributed by atoms with E-state index < -0.39 is 0 Å². The highest BCUT2D eigenvalue weighted by Gasteiger charge is 2.17. The van der Waals surface area contributed by atoms with Gasteiger partial charge < -0.3 is 5.32 Å². The van der Waals surface area contributed by atoms with Crippen LogP contribution in [0.1, 0.15) is 11.9 Å². The lowest BCUT2D eigenvalue weighted by atomic mass is 10.3. The van der Waals surface area contributed by atoms with Gasteiger partial charge in [0.05, 0.1) is 16.0 Å². The van der Waals surface area contributed by atoms with Gasteiger partial charge in [-0.15, -0.1) is 10.2 Å². The van der Waals surface area contributed by atoms with Gasteiger partial charge in [0.1, 0.15) is 5.01 Å². The fourth-order valence-electron chi connectivity index (χ4n) is 1.36. The number of carbonyl (C=O) groups is 1. The number of rotatable bonds is 4. The number of hydrogen-bond donors (Lipinski definition) is 1. The molecule has 0 bridgehead atoms. The van der Waals surface area contributed by atoms with Gasteiger partial charge in [-0.1, -0.05) is 46.3 Å². The lowest BCUT2D eigenvalue weighted by Crippen LogP contribution is -2.22. The van der Waals surface area contributed by atoms with Crippen LogP contribution in [0.25, 0.3) is 0 Å². The van der Waals surface area contributed by atoms with E-state index in [0.29, 0.717) is 15.7 Å². The molecule has 8 heteroatoms. The summed E-state index contributed by atoms with van der Waals surface area (Å²) >= 11 is 14.7. The van der Waals surface area contributed by atoms with Crippen LogP contribution in [0.5, 0.6) is 0 Å². The molecule has 1 amide bonds. The van der Waals surface area contributed by atoms with E-state index in [-0.39, 0.29) is 11.2 Å². The second kappa shape index (κ2) is 6.76. The van der Waals surface area contributed by atoms with Gasteiger partial charge in [-0.25, -0.2) is 0 Å². The van der Waals surface area contributed by atoms with Crippen LogP contribution in [0, 0.1) is 6.92 Å². The van der Waals surface area contributed by atoms with E-state index in [1.165, 1.54) is 23.1 Å². The number of thioether (sulfide) groups is 1. The number of hydrogen-bond acceptors (Lipinski definition) is 5. The average molecular weight is 348 g/mol. The molecule has 4 nitrogen and oxygen atoms in total. The largest absolute Gasteiger partial charge is 0.324 e. The van der Waals surface area contributed by atoms with Gasteiger partial charge in [0.15, 0.2) is 4.34 Å². The van der Waals surface area contributed by atoms with E-state index in [0.717, 1.165) is 9.35 Å². The van der Waals surface area contributed by atoms with E-state index in [2.05, 4.69) is 15.5 Å². The number of aromatic nitrogens is 2. The zero-order valence-electron chi connectivity index (χ0n) is 10.7. The van der Waals surface area contributed by atoms with Gasteiger partial charge in [0, 0.05) is 5.02 Å². The molecule has 0 saturated carbocycles. The summed E-state index contributed by atoms with van der Waals surface area (Å²) in [5.74, 6) is -0.160. The molecule has 0 spiro atoms. The Bertz CT molecular complexity index is 633. The van der Waals surface area contributed by atoms with Gasteiger partial charge in [-0.2, -0.15) is 0 Å². The van der Waals surface area contributed by atoms with Gasteiger partial charge in [-0.3, -0.25) is 4.79 Å². The van der Waals surface area contributed by atoms with Crippen molar-refractivity contribution in [3.63, 3.8) is 0 Å². The molecule has 1 aromatic carbocycles. The molecule has 1 N–H and O–H groups in total. The summed E-state index contributed by atoms with van der Waals surface area (Å²) in [6.07, 6.45) is 0. The smallest absolute Gasteiger partial charge is 0.237 e. The third kappa shape index (κ3) is 4.09. The van der Waals surface area contributed by atoms with Crippen LogP contribution in [0.4, 0.5) is 5.69 Å². The molecule has 2 rings (SSSR count). The summed E-state index contributed by atoms with van der Waals surface area (Å²) in [6.45, 7) is 3.67. The first-order valence-corrected chi connectivity index (χ1v) is 8.13. The Morgan fingerprint density at radius 1 is 1.40 bits per heavy atom. The fraction of sp³-hybridized carbons (Fsp3) is 0.250. The lowest BCUT2D eigenvalue weighted by Gasteiger charge is -2.11. The number of halogens is 2. The Hall–Kier alpha value is -0.820. The Morgan fingerprint density at radius 3 is 2.80 bits per heavy atom. The molecule has 0 aliphatic rings. The third-order valence-electron chi connectivity index (χ3n) is 2.34.